The molecule has 0 amide bonds. The number of hydrogen-bond acceptors (Lipinski definition) is 5. The number of nitrogens with two attached hydrogens (primary N) is 1. The molecule has 2 saturated carbocycles. The van der Waals surface area contributed by atoms with Gasteiger partial charge in [-0.3, -0.25) is 14.4 Å². The van der Waals surface area contributed by atoms with Crippen molar-refractivity contribution >= 4 is 23.2 Å². The Kier molecular flexibility index (Phi) is 5.15. The van der Waals surface area contributed by atoms with Crippen LogP contribution in [0.15, 0.2) is 47.1 Å². The van der Waals surface area contributed by atoms with Crippen LogP contribution in [-0.2, 0) is 19.1 Å². The van der Waals surface area contributed by atoms with Crippen molar-refractivity contribution in [3.63, 3.8) is 0 Å². The van der Waals surface area contributed by atoms with Crippen molar-refractivity contribution < 1.29 is 19.1 Å². The van der Waals surface area contributed by atoms with Crippen LogP contribution in [0.5, 0.6) is 0 Å². The molecule has 0 heterocycles. The third kappa shape index (κ3) is 3.23. The molecule has 0 aliphatic heterocycles. The number of hydrogen-bond donors (Lipinski definition) is 1. The van der Waals surface area contributed by atoms with Crippen molar-refractivity contribution in [3.8, 4) is 0 Å². The van der Waals surface area contributed by atoms with E-state index in [4.69, 9.17) is 10.5 Å². The third-order valence-electron chi connectivity index (χ3n) is 9.08. The van der Waals surface area contributed by atoms with Crippen molar-refractivity contribution in [3.05, 3.63) is 52.6 Å². The van der Waals surface area contributed by atoms with E-state index in [1.54, 1.807) is 6.92 Å². The highest BCUT2D eigenvalue weighted by Gasteiger charge is 2.67. The molecule has 5 atom stereocenters. The average molecular weight is 448 g/mol. The zero-order valence-electron chi connectivity index (χ0n) is 19.8. The predicted octanol–water partition coefficient (Wildman–Crippen LogP) is 5.06. The number of fused-ring (bicyclic) bond motifs is 4. The van der Waals surface area contributed by atoms with Crippen LogP contribution in [0.2, 0.25) is 0 Å². The monoisotopic (exact) mass is 447 g/mol. The second kappa shape index (κ2) is 7.68. The van der Waals surface area contributed by atoms with Crippen LogP contribution in [0.3, 0.4) is 0 Å². The maximum absolute atomic E-state index is 13.1. The second-order valence-corrected chi connectivity index (χ2v) is 10.7. The summed E-state index contributed by atoms with van der Waals surface area (Å²) in [7, 11) is 0. The van der Waals surface area contributed by atoms with E-state index in [1.807, 2.05) is 18.2 Å². The summed E-state index contributed by atoms with van der Waals surface area (Å²) in [5.41, 5.74) is 10.4. The minimum Gasteiger partial charge on any atom is -0.451 e. The SMILES string of the molecule is CC(=O)O[C@]1(C(C)=O)CCC2C3CCC4=CC(=O)CCC4=C3C(c3ccc(N)cc3)C[C@@]21C. The molecule has 5 heteroatoms. The van der Waals surface area contributed by atoms with E-state index in [0.717, 1.165) is 37.8 Å². The Morgan fingerprint density at radius 1 is 1.06 bits per heavy atom. The third-order valence-corrected chi connectivity index (χ3v) is 9.08. The molecule has 0 spiro atoms. The normalized spacial score (nSPS) is 35.3. The highest BCUT2D eigenvalue weighted by atomic mass is 16.6. The summed E-state index contributed by atoms with van der Waals surface area (Å²) in [6.07, 6.45) is 7.29. The van der Waals surface area contributed by atoms with Gasteiger partial charge in [0, 0.05) is 30.4 Å². The van der Waals surface area contributed by atoms with Gasteiger partial charge in [-0.2, -0.15) is 0 Å². The Balaban J connectivity index is 1.70. The van der Waals surface area contributed by atoms with Crippen molar-refractivity contribution in [2.45, 2.75) is 77.2 Å². The Morgan fingerprint density at radius 3 is 2.45 bits per heavy atom. The van der Waals surface area contributed by atoms with Gasteiger partial charge in [0.15, 0.2) is 17.2 Å². The number of carbonyl (C=O) groups excluding carboxylic acids is 3. The van der Waals surface area contributed by atoms with E-state index in [-0.39, 0.29) is 29.4 Å². The van der Waals surface area contributed by atoms with Crippen molar-refractivity contribution in [2.75, 3.05) is 5.73 Å². The van der Waals surface area contributed by atoms with Crippen molar-refractivity contribution in [2.24, 2.45) is 17.3 Å². The summed E-state index contributed by atoms with van der Waals surface area (Å²) in [5, 5.41) is 0. The lowest BCUT2D eigenvalue weighted by atomic mass is 9.50. The lowest BCUT2D eigenvalue weighted by Crippen LogP contribution is -2.57. The molecule has 1 aromatic rings. The van der Waals surface area contributed by atoms with Gasteiger partial charge in [-0.1, -0.05) is 24.6 Å². The molecule has 4 aliphatic rings. The van der Waals surface area contributed by atoms with Crippen LogP contribution >= 0.6 is 0 Å². The number of ketones is 2. The van der Waals surface area contributed by atoms with Crippen LogP contribution in [0, 0.1) is 17.3 Å². The second-order valence-electron chi connectivity index (χ2n) is 10.7. The van der Waals surface area contributed by atoms with E-state index >= 15 is 0 Å². The number of Topliss-reactive ketones (excluding diaryl/α,β-unsaturated/α-hetero) is 1. The molecule has 33 heavy (non-hydrogen) atoms. The van der Waals surface area contributed by atoms with Gasteiger partial charge in [-0.05, 0) is 92.2 Å². The van der Waals surface area contributed by atoms with Gasteiger partial charge >= 0.3 is 5.97 Å². The summed E-state index contributed by atoms with van der Waals surface area (Å²) in [6.45, 7) is 5.17. The molecule has 4 aliphatic carbocycles. The summed E-state index contributed by atoms with van der Waals surface area (Å²) in [4.78, 5) is 37.5. The maximum Gasteiger partial charge on any atom is 0.303 e. The minimum atomic E-state index is -1.08. The largest absolute Gasteiger partial charge is 0.451 e. The molecule has 2 fully saturated rings. The number of benzene rings is 1. The number of esters is 1. The first-order valence-corrected chi connectivity index (χ1v) is 12.2. The lowest BCUT2D eigenvalue weighted by molar-refractivity contribution is -0.182. The minimum absolute atomic E-state index is 0.0467. The highest BCUT2D eigenvalue weighted by molar-refractivity contribution is 5.93. The summed E-state index contributed by atoms with van der Waals surface area (Å²) < 4.78 is 5.96. The molecule has 0 aromatic heterocycles. The molecule has 0 radical (unpaired) electrons. The molecule has 1 aromatic carbocycles. The summed E-state index contributed by atoms with van der Waals surface area (Å²) in [5.74, 6) is 0.491. The molecule has 0 saturated heterocycles. The Bertz CT molecular complexity index is 1100. The first-order valence-electron chi connectivity index (χ1n) is 12.2. The first-order chi connectivity index (χ1) is 15.7. The number of ether oxygens (including phenoxy) is 1. The Morgan fingerprint density at radius 2 is 1.79 bits per heavy atom. The fourth-order valence-corrected chi connectivity index (χ4v) is 7.74. The Hall–Kier alpha value is -2.69. The number of carbonyl (C=O) groups is 3. The van der Waals surface area contributed by atoms with Crippen LogP contribution in [0.4, 0.5) is 5.69 Å². The van der Waals surface area contributed by atoms with E-state index < -0.39 is 11.0 Å². The van der Waals surface area contributed by atoms with Gasteiger partial charge in [0.2, 0.25) is 0 Å². The van der Waals surface area contributed by atoms with Gasteiger partial charge in [-0.15, -0.1) is 0 Å². The molecular formula is C28H33NO4. The fraction of sp³-hybridized carbons (Fsp3) is 0.536. The molecule has 3 unspecified atom stereocenters. The lowest BCUT2D eigenvalue weighted by Gasteiger charge is -2.55. The molecule has 2 N–H and O–H groups in total. The smallest absolute Gasteiger partial charge is 0.303 e. The molecule has 174 valence electrons. The first kappa shape index (κ1) is 22.1. The number of allylic oxidation sites excluding steroid dienone is 4. The van der Waals surface area contributed by atoms with Crippen LogP contribution in [-0.4, -0.2) is 23.1 Å². The molecule has 5 nitrogen and oxygen atoms in total. The molecule has 5 rings (SSSR count). The fourth-order valence-electron chi connectivity index (χ4n) is 7.74. The number of nitrogen functional groups attached to an aromatic ring is 1. The summed E-state index contributed by atoms with van der Waals surface area (Å²) in [6, 6.07) is 8.06. The van der Waals surface area contributed by atoms with Gasteiger partial charge in [0.25, 0.3) is 0 Å². The standard InChI is InChI=1S/C28H33NO4/c1-16(30)28(33-17(2)31)13-12-25-23-10-6-19-14-21(32)9-11-22(19)26(23)24(15-27(25,28)3)18-4-7-20(29)8-5-18/h4-5,7-8,14,23-25H,6,9-13,15,29H2,1-3H3/t23?,24?,25?,27-,28-/m0/s1. The highest BCUT2D eigenvalue weighted by Crippen LogP contribution is 2.67. The quantitative estimate of drug-likeness (QED) is 0.517. The van der Waals surface area contributed by atoms with E-state index in [1.165, 1.54) is 29.2 Å². The zero-order valence-corrected chi connectivity index (χ0v) is 19.8. The predicted molar refractivity (Wildman–Crippen MR) is 126 cm³/mol. The van der Waals surface area contributed by atoms with Crippen molar-refractivity contribution in [1.82, 2.24) is 0 Å². The number of anilines is 1. The maximum atomic E-state index is 13.1. The zero-order chi connectivity index (χ0) is 23.5. The van der Waals surface area contributed by atoms with Crippen molar-refractivity contribution in [1.29, 1.82) is 0 Å². The molecule has 0 bridgehead atoms. The Labute approximate surface area is 195 Å². The van der Waals surface area contributed by atoms with E-state index in [2.05, 4.69) is 19.1 Å². The summed E-state index contributed by atoms with van der Waals surface area (Å²) >= 11 is 0. The van der Waals surface area contributed by atoms with Crippen LogP contribution in [0.1, 0.15) is 77.2 Å². The van der Waals surface area contributed by atoms with E-state index in [0.29, 0.717) is 18.8 Å². The van der Waals surface area contributed by atoms with E-state index in [9.17, 15) is 14.4 Å². The van der Waals surface area contributed by atoms with Gasteiger partial charge < -0.3 is 10.5 Å². The van der Waals surface area contributed by atoms with Gasteiger partial charge in [-0.25, -0.2) is 0 Å². The molecular weight excluding hydrogens is 414 g/mol. The van der Waals surface area contributed by atoms with Gasteiger partial charge in [0.05, 0.1) is 0 Å². The van der Waals surface area contributed by atoms with Crippen LogP contribution < -0.4 is 5.73 Å². The number of rotatable bonds is 3. The topological polar surface area (TPSA) is 86.5 Å². The van der Waals surface area contributed by atoms with Crippen LogP contribution in [0.25, 0.3) is 0 Å². The van der Waals surface area contributed by atoms with Gasteiger partial charge in [0.1, 0.15) is 0 Å². The average Bonchev–Trinajstić information content (AvgIpc) is 3.06.